The van der Waals surface area contributed by atoms with E-state index < -0.39 is 0 Å². The molecule has 200 valence electrons. The quantitative estimate of drug-likeness (QED) is 0.157. The summed E-state index contributed by atoms with van der Waals surface area (Å²) in [5.41, 5.74) is 5.12. The molecule has 0 saturated carbocycles. The van der Waals surface area contributed by atoms with E-state index >= 15 is 0 Å². The Kier molecular flexibility index (Phi) is 9.33. The number of fused-ring (bicyclic) bond motifs is 4. The molecule has 2 heterocycles. The number of rotatable bonds is 12. The minimum Gasteiger partial charge on any atom is -0.246 e. The van der Waals surface area contributed by atoms with Gasteiger partial charge in [0.15, 0.2) is 0 Å². The van der Waals surface area contributed by atoms with Gasteiger partial charge in [0.2, 0.25) is 0 Å². The van der Waals surface area contributed by atoms with Crippen LogP contribution < -0.4 is 10.7 Å². The Hall–Kier alpha value is -2.04. The van der Waals surface area contributed by atoms with Crippen molar-refractivity contribution in [1.82, 2.24) is 0 Å². The number of benzene rings is 3. The van der Waals surface area contributed by atoms with Crippen LogP contribution in [0.1, 0.15) is 90.2 Å². The van der Waals surface area contributed by atoms with Crippen LogP contribution in [0.5, 0.6) is 0 Å². The van der Waals surface area contributed by atoms with Gasteiger partial charge in [0, 0.05) is 19.6 Å². The van der Waals surface area contributed by atoms with Crippen molar-refractivity contribution in [2.75, 3.05) is 0 Å². The van der Waals surface area contributed by atoms with E-state index in [0.717, 1.165) is 24.2 Å². The molecular weight excluding hydrogens is 501 g/mol. The van der Waals surface area contributed by atoms with Crippen LogP contribution in [-0.2, 0) is 12.8 Å². The second kappa shape index (κ2) is 12.9. The maximum absolute atomic E-state index is 5.42. The highest BCUT2D eigenvalue weighted by atomic mass is 32.2. The SMILES string of the molecule is CCCCC(CC)Cc1c2c(c(CC(CC)CCCC)c3c1=Nc1ccccc1S3)=Nc1ccccc1S2. The zero-order valence-electron chi connectivity index (χ0n) is 23.6. The number of hydrogen-bond donors (Lipinski definition) is 0. The molecule has 0 radical (unpaired) electrons. The summed E-state index contributed by atoms with van der Waals surface area (Å²) >= 11 is 3.89. The molecule has 0 saturated heterocycles. The lowest BCUT2D eigenvalue weighted by molar-refractivity contribution is 0.438. The van der Waals surface area contributed by atoms with Crippen molar-refractivity contribution in [2.45, 2.75) is 111 Å². The molecule has 0 aliphatic carbocycles. The van der Waals surface area contributed by atoms with Gasteiger partial charge < -0.3 is 0 Å². The number of para-hydroxylation sites is 2. The summed E-state index contributed by atoms with van der Waals surface area (Å²) in [4.78, 5) is 16.1. The van der Waals surface area contributed by atoms with Gasteiger partial charge in [-0.3, -0.25) is 0 Å². The van der Waals surface area contributed by atoms with Crippen molar-refractivity contribution in [3.8, 4) is 0 Å². The lowest BCUT2D eigenvalue weighted by Gasteiger charge is -2.27. The molecule has 0 aromatic heterocycles. The van der Waals surface area contributed by atoms with Crippen LogP contribution in [0, 0.1) is 11.8 Å². The van der Waals surface area contributed by atoms with Gasteiger partial charge in [-0.05, 0) is 60.1 Å². The third kappa shape index (κ3) is 5.77. The van der Waals surface area contributed by atoms with Crippen molar-refractivity contribution in [2.24, 2.45) is 21.8 Å². The van der Waals surface area contributed by atoms with E-state index in [1.807, 2.05) is 23.5 Å². The number of nitrogens with zero attached hydrogens (tertiary/aromatic N) is 2. The van der Waals surface area contributed by atoms with Crippen LogP contribution in [0.25, 0.3) is 0 Å². The van der Waals surface area contributed by atoms with Crippen molar-refractivity contribution in [1.29, 1.82) is 0 Å². The van der Waals surface area contributed by atoms with Crippen LogP contribution in [0.3, 0.4) is 0 Å². The normalized spacial score (nSPS) is 14.8. The molecule has 2 aliphatic rings. The average Bonchev–Trinajstić information content (AvgIpc) is 2.96. The molecule has 0 N–H and O–H groups in total. The third-order valence-electron chi connectivity index (χ3n) is 8.24. The molecule has 2 unspecified atom stereocenters. The molecule has 38 heavy (non-hydrogen) atoms. The number of hydrogen-bond acceptors (Lipinski definition) is 4. The van der Waals surface area contributed by atoms with Crippen LogP contribution in [0.4, 0.5) is 11.4 Å². The Balaban J connectivity index is 1.76. The van der Waals surface area contributed by atoms with Gasteiger partial charge in [-0.15, -0.1) is 0 Å². The van der Waals surface area contributed by atoms with Crippen molar-refractivity contribution < 1.29 is 0 Å². The predicted octanol–water partition coefficient (Wildman–Crippen LogP) is 10.0. The van der Waals surface area contributed by atoms with Crippen LogP contribution in [-0.4, -0.2) is 0 Å². The molecule has 2 atom stereocenters. The lowest BCUT2D eigenvalue weighted by atomic mass is 9.88. The van der Waals surface area contributed by atoms with E-state index in [9.17, 15) is 0 Å². The molecule has 4 heteroatoms. The fourth-order valence-electron chi connectivity index (χ4n) is 5.81. The topological polar surface area (TPSA) is 24.7 Å². The molecule has 5 rings (SSSR count). The summed E-state index contributed by atoms with van der Waals surface area (Å²) < 4.78 is 0. The smallest absolute Gasteiger partial charge is 0.0824 e. The predicted molar refractivity (Wildman–Crippen MR) is 163 cm³/mol. The van der Waals surface area contributed by atoms with Crippen molar-refractivity contribution >= 4 is 34.9 Å². The Labute approximate surface area is 237 Å². The number of unbranched alkanes of at least 4 members (excludes halogenated alkanes) is 2. The highest BCUT2D eigenvalue weighted by Crippen LogP contribution is 2.44. The van der Waals surface area contributed by atoms with Gasteiger partial charge in [-0.2, -0.15) is 0 Å². The first-order chi connectivity index (χ1) is 18.7. The van der Waals surface area contributed by atoms with E-state index in [1.54, 1.807) is 0 Å². The van der Waals surface area contributed by atoms with Gasteiger partial charge in [0.25, 0.3) is 0 Å². The van der Waals surface area contributed by atoms with E-state index in [1.165, 1.54) is 92.8 Å². The Morgan fingerprint density at radius 2 is 1.03 bits per heavy atom. The fourth-order valence-corrected chi connectivity index (χ4v) is 8.11. The first-order valence-corrected chi connectivity index (χ1v) is 16.5. The zero-order valence-corrected chi connectivity index (χ0v) is 25.2. The molecule has 0 fully saturated rings. The summed E-state index contributed by atoms with van der Waals surface area (Å²) in [6, 6.07) is 17.4. The largest absolute Gasteiger partial charge is 0.246 e. The van der Waals surface area contributed by atoms with Crippen molar-refractivity contribution in [3.05, 3.63) is 70.4 Å². The highest BCUT2D eigenvalue weighted by Gasteiger charge is 2.28. The Morgan fingerprint density at radius 3 is 1.42 bits per heavy atom. The van der Waals surface area contributed by atoms with Crippen molar-refractivity contribution in [3.63, 3.8) is 0 Å². The summed E-state index contributed by atoms with van der Waals surface area (Å²) in [7, 11) is 0. The van der Waals surface area contributed by atoms with Gasteiger partial charge in [0.1, 0.15) is 0 Å². The first-order valence-electron chi connectivity index (χ1n) is 14.9. The minimum atomic E-state index is 0.678. The maximum Gasteiger partial charge on any atom is 0.0824 e. The maximum atomic E-state index is 5.42. The average molecular weight is 543 g/mol. The Morgan fingerprint density at radius 1 is 0.605 bits per heavy atom. The zero-order chi connectivity index (χ0) is 26.5. The van der Waals surface area contributed by atoms with E-state index in [4.69, 9.17) is 9.98 Å². The Bertz CT molecular complexity index is 1290. The summed E-state index contributed by atoms with van der Waals surface area (Å²) in [5, 5.41) is 2.48. The minimum absolute atomic E-state index is 0.678. The van der Waals surface area contributed by atoms with Gasteiger partial charge in [0.05, 0.1) is 22.1 Å². The molecule has 0 bridgehead atoms. The summed E-state index contributed by atoms with van der Waals surface area (Å²) in [6.07, 6.45) is 12.3. The van der Waals surface area contributed by atoms with E-state index in [0.29, 0.717) is 11.8 Å². The third-order valence-corrected chi connectivity index (χ3v) is 10.7. The van der Waals surface area contributed by atoms with Crippen LogP contribution >= 0.6 is 23.5 Å². The van der Waals surface area contributed by atoms with Crippen LogP contribution in [0.15, 0.2) is 78.1 Å². The molecule has 2 nitrogen and oxygen atoms in total. The second-order valence-corrected chi connectivity index (χ2v) is 13.0. The van der Waals surface area contributed by atoms with Gasteiger partial charge in [-0.25, -0.2) is 9.98 Å². The van der Waals surface area contributed by atoms with Crippen LogP contribution in [0.2, 0.25) is 0 Å². The standard InChI is InChI=1S/C34H42N2S2/c1-5-9-15-23(7-3)21-25-31-34(38-30-20-14-11-17-27(30)35-31)26(22-24(8-4)16-10-6-2)32-33(25)37-29-19-13-12-18-28(29)36-32/h11-14,17-20,23-24H,5-10,15-16,21-22H2,1-4H3. The first kappa shape index (κ1) is 27.5. The second-order valence-electron chi connectivity index (χ2n) is 10.9. The molecular formula is C34H42N2S2. The molecule has 0 spiro atoms. The van der Waals surface area contributed by atoms with E-state index in [-0.39, 0.29) is 0 Å². The lowest BCUT2D eigenvalue weighted by Crippen LogP contribution is -2.31. The monoisotopic (exact) mass is 542 g/mol. The van der Waals surface area contributed by atoms with Gasteiger partial charge >= 0.3 is 0 Å². The molecule has 3 aromatic carbocycles. The summed E-state index contributed by atoms with van der Waals surface area (Å²) in [5.74, 6) is 1.36. The van der Waals surface area contributed by atoms with Gasteiger partial charge in [-0.1, -0.05) is 127 Å². The molecule has 2 aliphatic heterocycles. The van der Waals surface area contributed by atoms with E-state index in [2.05, 4.69) is 76.2 Å². The molecule has 0 amide bonds. The fraction of sp³-hybridized carbons (Fsp3) is 0.471. The highest BCUT2D eigenvalue weighted by molar-refractivity contribution is 8.00. The summed E-state index contributed by atoms with van der Waals surface area (Å²) in [6.45, 7) is 9.34. The molecule has 3 aromatic rings.